The van der Waals surface area contributed by atoms with Crippen molar-refractivity contribution in [3.8, 4) is 0 Å². The van der Waals surface area contributed by atoms with Crippen LogP contribution in [0.2, 0.25) is 0 Å². The third-order valence-corrected chi connectivity index (χ3v) is 3.42. The number of Topliss-reactive ketones (excluding diaryl/α,β-unsaturated/α-hetero) is 1. The first-order chi connectivity index (χ1) is 11.4. The van der Waals surface area contributed by atoms with Crippen LogP contribution in [0, 0.1) is 5.82 Å². The van der Waals surface area contributed by atoms with Crippen molar-refractivity contribution in [3.63, 3.8) is 0 Å². The van der Waals surface area contributed by atoms with Gasteiger partial charge in [-0.05, 0) is 59.3 Å². The Morgan fingerprint density at radius 3 is 2.46 bits per heavy atom. The molecule has 126 valence electrons. The standard InChI is InChI=1S/C16H13BrFNO5/c1-9(15(21)10-2-4-11(18)5-3-10)23-14(20)8-19-16(22)12-6-7-13(17)24-12/h2-7,9H,8H2,1H3,(H,19,22)/t9-/m0/s1. The van der Waals surface area contributed by atoms with Crippen molar-refractivity contribution in [1.29, 1.82) is 0 Å². The molecule has 0 radical (unpaired) electrons. The maximum absolute atomic E-state index is 12.8. The number of rotatable bonds is 6. The number of hydrogen-bond acceptors (Lipinski definition) is 5. The lowest BCUT2D eigenvalue weighted by Gasteiger charge is -2.12. The zero-order valence-corrected chi connectivity index (χ0v) is 14.1. The summed E-state index contributed by atoms with van der Waals surface area (Å²) in [7, 11) is 0. The molecule has 0 spiro atoms. The Labute approximate surface area is 145 Å². The monoisotopic (exact) mass is 397 g/mol. The van der Waals surface area contributed by atoms with Crippen molar-refractivity contribution in [1.82, 2.24) is 5.32 Å². The van der Waals surface area contributed by atoms with E-state index in [1.807, 2.05) is 0 Å². The van der Waals surface area contributed by atoms with E-state index in [1.54, 1.807) is 0 Å². The van der Waals surface area contributed by atoms with E-state index in [0.29, 0.717) is 4.67 Å². The average molecular weight is 398 g/mol. The van der Waals surface area contributed by atoms with E-state index in [9.17, 15) is 18.8 Å². The maximum Gasteiger partial charge on any atom is 0.326 e. The van der Waals surface area contributed by atoms with E-state index in [0.717, 1.165) is 12.1 Å². The number of halogens is 2. The quantitative estimate of drug-likeness (QED) is 0.598. The van der Waals surface area contributed by atoms with Gasteiger partial charge in [0.25, 0.3) is 5.91 Å². The highest BCUT2D eigenvalue weighted by atomic mass is 79.9. The average Bonchev–Trinajstić information content (AvgIpc) is 2.99. The van der Waals surface area contributed by atoms with Crippen LogP contribution in [-0.4, -0.2) is 30.3 Å². The summed E-state index contributed by atoms with van der Waals surface area (Å²) in [6, 6.07) is 7.87. The summed E-state index contributed by atoms with van der Waals surface area (Å²) in [5.41, 5.74) is 0.223. The van der Waals surface area contributed by atoms with Gasteiger partial charge in [0.2, 0.25) is 5.78 Å². The van der Waals surface area contributed by atoms with E-state index in [4.69, 9.17) is 9.15 Å². The number of benzene rings is 1. The molecule has 0 aliphatic rings. The smallest absolute Gasteiger partial charge is 0.326 e. The van der Waals surface area contributed by atoms with E-state index in [2.05, 4.69) is 21.2 Å². The van der Waals surface area contributed by atoms with Gasteiger partial charge in [0.15, 0.2) is 16.5 Å². The fourth-order valence-electron chi connectivity index (χ4n) is 1.82. The van der Waals surface area contributed by atoms with Gasteiger partial charge in [0.05, 0.1) is 0 Å². The molecule has 1 N–H and O–H groups in total. The molecule has 2 rings (SSSR count). The molecule has 1 amide bonds. The van der Waals surface area contributed by atoms with Gasteiger partial charge in [0.1, 0.15) is 12.4 Å². The van der Waals surface area contributed by atoms with Crippen molar-refractivity contribution >= 4 is 33.6 Å². The summed E-state index contributed by atoms with van der Waals surface area (Å²) in [6.07, 6.45) is -1.06. The first-order valence-corrected chi connectivity index (χ1v) is 7.69. The summed E-state index contributed by atoms with van der Waals surface area (Å²) in [5.74, 6) is -2.27. The van der Waals surface area contributed by atoms with Crippen molar-refractivity contribution in [2.24, 2.45) is 0 Å². The molecule has 0 bridgehead atoms. The number of nitrogens with one attached hydrogen (secondary N) is 1. The number of amides is 1. The lowest BCUT2D eigenvalue weighted by Crippen LogP contribution is -2.33. The van der Waals surface area contributed by atoms with Gasteiger partial charge >= 0.3 is 5.97 Å². The summed E-state index contributed by atoms with van der Waals surface area (Å²) in [4.78, 5) is 35.4. The predicted molar refractivity (Wildman–Crippen MR) is 85.0 cm³/mol. The first kappa shape index (κ1) is 17.9. The number of hydrogen-bond donors (Lipinski definition) is 1. The predicted octanol–water partition coefficient (Wildman–Crippen LogP) is 2.73. The van der Waals surface area contributed by atoms with Crippen molar-refractivity contribution in [3.05, 3.63) is 58.2 Å². The molecule has 6 nitrogen and oxygen atoms in total. The second-order valence-corrected chi connectivity index (χ2v) is 5.57. The Balaban J connectivity index is 1.84. The van der Waals surface area contributed by atoms with Crippen molar-refractivity contribution < 1.29 is 27.9 Å². The van der Waals surface area contributed by atoms with Crippen LogP contribution < -0.4 is 5.32 Å². The molecule has 1 heterocycles. The van der Waals surface area contributed by atoms with Crippen LogP contribution >= 0.6 is 15.9 Å². The third kappa shape index (κ3) is 4.76. The highest BCUT2D eigenvalue weighted by Gasteiger charge is 2.20. The summed E-state index contributed by atoms with van der Waals surface area (Å²) in [5, 5.41) is 2.31. The van der Waals surface area contributed by atoms with Crippen molar-refractivity contribution in [2.45, 2.75) is 13.0 Å². The SMILES string of the molecule is C[C@H](OC(=O)CNC(=O)c1ccc(Br)o1)C(=O)c1ccc(F)cc1. The Morgan fingerprint density at radius 2 is 1.88 bits per heavy atom. The highest BCUT2D eigenvalue weighted by molar-refractivity contribution is 9.10. The third-order valence-electron chi connectivity index (χ3n) is 3.00. The number of carbonyl (C=O) groups is 3. The van der Waals surface area contributed by atoms with Gasteiger partial charge in [-0.1, -0.05) is 0 Å². The molecule has 1 atom stereocenters. The maximum atomic E-state index is 12.8. The van der Waals surface area contributed by atoms with Crippen molar-refractivity contribution in [2.75, 3.05) is 6.54 Å². The summed E-state index contributed by atoms with van der Waals surface area (Å²) < 4.78 is 23.2. The zero-order chi connectivity index (χ0) is 17.7. The van der Waals surface area contributed by atoms with Crippen LogP contribution in [0.15, 0.2) is 45.5 Å². The van der Waals surface area contributed by atoms with Crippen LogP contribution in [0.3, 0.4) is 0 Å². The minimum Gasteiger partial charge on any atom is -0.453 e. The minimum absolute atomic E-state index is 0.0325. The van der Waals surface area contributed by atoms with Gasteiger partial charge in [-0.3, -0.25) is 14.4 Å². The molecular formula is C16H13BrFNO5. The lowest BCUT2D eigenvalue weighted by molar-refractivity contribution is -0.145. The van der Waals surface area contributed by atoms with E-state index < -0.39 is 36.1 Å². The number of carbonyl (C=O) groups excluding carboxylic acids is 3. The molecular weight excluding hydrogens is 385 g/mol. The molecule has 8 heteroatoms. The minimum atomic E-state index is -1.06. The number of ketones is 1. The lowest BCUT2D eigenvalue weighted by atomic mass is 10.1. The van der Waals surface area contributed by atoms with E-state index in [1.165, 1.54) is 31.2 Å². The van der Waals surface area contributed by atoms with E-state index >= 15 is 0 Å². The number of ether oxygens (including phenoxy) is 1. The van der Waals surface area contributed by atoms with Gasteiger partial charge in [-0.25, -0.2) is 4.39 Å². The van der Waals surface area contributed by atoms with Gasteiger partial charge in [0, 0.05) is 5.56 Å². The Kier molecular flexibility index (Phi) is 5.86. The molecule has 0 fully saturated rings. The van der Waals surface area contributed by atoms with Crippen LogP contribution in [-0.2, 0) is 9.53 Å². The van der Waals surface area contributed by atoms with Crippen LogP contribution in [0.5, 0.6) is 0 Å². The van der Waals surface area contributed by atoms with E-state index in [-0.39, 0.29) is 11.3 Å². The number of furan rings is 1. The molecule has 0 unspecified atom stereocenters. The number of esters is 1. The van der Waals surface area contributed by atoms with Gasteiger partial charge in [-0.2, -0.15) is 0 Å². The normalized spacial score (nSPS) is 11.6. The summed E-state index contributed by atoms with van der Waals surface area (Å²) >= 11 is 3.06. The van der Waals surface area contributed by atoms with Crippen LogP contribution in [0.4, 0.5) is 4.39 Å². The largest absolute Gasteiger partial charge is 0.453 e. The Morgan fingerprint density at radius 1 is 1.21 bits per heavy atom. The first-order valence-electron chi connectivity index (χ1n) is 6.89. The van der Waals surface area contributed by atoms with Crippen LogP contribution in [0.25, 0.3) is 0 Å². The molecule has 1 aromatic carbocycles. The Bertz CT molecular complexity index is 756. The van der Waals surface area contributed by atoms with Gasteiger partial charge in [-0.15, -0.1) is 0 Å². The Hall–Kier alpha value is -2.48. The zero-order valence-electron chi connectivity index (χ0n) is 12.5. The molecule has 1 aromatic heterocycles. The fraction of sp³-hybridized carbons (Fsp3) is 0.188. The molecule has 0 aliphatic heterocycles. The molecule has 24 heavy (non-hydrogen) atoms. The topological polar surface area (TPSA) is 85.6 Å². The molecule has 0 aliphatic carbocycles. The second-order valence-electron chi connectivity index (χ2n) is 4.79. The highest BCUT2D eigenvalue weighted by Crippen LogP contribution is 2.13. The van der Waals surface area contributed by atoms with Crippen LogP contribution in [0.1, 0.15) is 27.8 Å². The molecule has 2 aromatic rings. The fourth-order valence-corrected chi connectivity index (χ4v) is 2.12. The second kappa shape index (κ2) is 7.87. The summed E-state index contributed by atoms with van der Waals surface area (Å²) in [6.45, 7) is 0.979. The van der Waals surface area contributed by atoms with Gasteiger partial charge < -0.3 is 14.5 Å². The molecule has 0 saturated carbocycles. The molecule has 0 saturated heterocycles.